The Hall–Kier alpha value is -1.84. The van der Waals surface area contributed by atoms with Gasteiger partial charge in [-0.15, -0.1) is 0 Å². The first-order valence-corrected chi connectivity index (χ1v) is 4.18. The topological polar surface area (TPSA) is 63.6 Å². The Morgan fingerprint density at radius 3 is 2.57 bits per heavy atom. The Morgan fingerprint density at radius 2 is 2.00 bits per heavy atom. The van der Waals surface area contributed by atoms with Gasteiger partial charge in [0.2, 0.25) is 0 Å². The minimum Gasteiger partial charge on any atom is -0.478 e. The molecule has 1 aromatic rings. The highest BCUT2D eigenvalue weighted by atomic mass is 16.5. The SMILES string of the molecule is CCC(=O)Oc1ccccc1C(=O)O. The van der Waals surface area contributed by atoms with E-state index in [1.165, 1.54) is 12.1 Å². The molecule has 0 aliphatic heterocycles. The van der Waals surface area contributed by atoms with Crippen LogP contribution in [-0.4, -0.2) is 17.0 Å². The van der Waals surface area contributed by atoms with E-state index in [1.54, 1.807) is 19.1 Å². The molecule has 0 fully saturated rings. The number of ether oxygens (including phenoxy) is 1. The highest BCUT2D eigenvalue weighted by Gasteiger charge is 2.12. The van der Waals surface area contributed by atoms with E-state index in [0.717, 1.165) is 0 Å². The number of benzene rings is 1. The zero-order valence-corrected chi connectivity index (χ0v) is 7.69. The summed E-state index contributed by atoms with van der Waals surface area (Å²) in [5.41, 5.74) is -0.00528. The number of carbonyl (C=O) groups excluding carboxylic acids is 1. The van der Waals surface area contributed by atoms with Gasteiger partial charge in [-0.05, 0) is 12.1 Å². The lowest BCUT2D eigenvalue weighted by Gasteiger charge is -2.05. The third-order valence-electron chi connectivity index (χ3n) is 1.63. The van der Waals surface area contributed by atoms with E-state index in [-0.39, 0.29) is 17.7 Å². The Kier molecular flexibility index (Phi) is 3.23. The van der Waals surface area contributed by atoms with Crippen molar-refractivity contribution >= 4 is 11.9 Å². The second-order valence-corrected chi connectivity index (χ2v) is 2.63. The average molecular weight is 194 g/mol. The van der Waals surface area contributed by atoms with E-state index in [4.69, 9.17) is 9.84 Å². The molecule has 14 heavy (non-hydrogen) atoms. The van der Waals surface area contributed by atoms with E-state index in [1.807, 2.05) is 0 Å². The number of carboxylic acid groups (broad SMARTS) is 1. The zero-order chi connectivity index (χ0) is 10.6. The predicted molar refractivity (Wildman–Crippen MR) is 49.3 cm³/mol. The minimum absolute atomic E-state index is 0.00528. The van der Waals surface area contributed by atoms with E-state index >= 15 is 0 Å². The molecule has 0 unspecified atom stereocenters. The van der Waals surface area contributed by atoms with Gasteiger partial charge in [0.25, 0.3) is 0 Å². The highest BCUT2D eigenvalue weighted by molar-refractivity contribution is 5.91. The summed E-state index contributed by atoms with van der Waals surface area (Å²) in [6.45, 7) is 1.64. The van der Waals surface area contributed by atoms with Gasteiger partial charge < -0.3 is 9.84 Å². The van der Waals surface area contributed by atoms with Gasteiger partial charge in [0.1, 0.15) is 11.3 Å². The van der Waals surface area contributed by atoms with Crippen LogP contribution in [0.2, 0.25) is 0 Å². The Labute approximate surface area is 81.1 Å². The molecule has 0 aromatic heterocycles. The largest absolute Gasteiger partial charge is 0.478 e. The predicted octanol–water partition coefficient (Wildman–Crippen LogP) is 1.70. The molecule has 0 radical (unpaired) electrons. The summed E-state index contributed by atoms with van der Waals surface area (Å²) < 4.78 is 4.84. The van der Waals surface area contributed by atoms with Crippen LogP contribution in [0.15, 0.2) is 24.3 Å². The standard InChI is InChI=1S/C10H10O4/c1-2-9(11)14-8-6-4-3-5-7(8)10(12)13/h3-6H,2H2,1H3,(H,12,13). The maximum atomic E-state index is 10.9. The molecule has 0 aliphatic rings. The monoisotopic (exact) mass is 194 g/mol. The molecular formula is C10H10O4. The fourth-order valence-corrected chi connectivity index (χ4v) is 0.927. The van der Waals surface area contributed by atoms with Gasteiger partial charge in [0, 0.05) is 6.42 Å². The van der Waals surface area contributed by atoms with Crippen molar-refractivity contribution in [2.45, 2.75) is 13.3 Å². The van der Waals surface area contributed by atoms with Crippen LogP contribution in [0.5, 0.6) is 5.75 Å². The molecule has 0 amide bonds. The average Bonchev–Trinajstić information content (AvgIpc) is 2.18. The minimum atomic E-state index is -1.11. The lowest BCUT2D eigenvalue weighted by molar-refractivity contribution is -0.134. The van der Waals surface area contributed by atoms with E-state index in [2.05, 4.69) is 0 Å². The van der Waals surface area contributed by atoms with Crippen LogP contribution in [0.25, 0.3) is 0 Å². The number of aromatic carboxylic acids is 1. The molecule has 4 nitrogen and oxygen atoms in total. The van der Waals surface area contributed by atoms with Crippen LogP contribution >= 0.6 is 0 Å². The highest BCUT2D eigenvalue weighted by Crippen LogP contribution is 2.18. The summed E-state index contributed by atoms with van der Waals surface area (Å²) in [7, 11) is 0. The van der Waals surface area contributed by atoms with Crippen LogP contribution in [0, 0.1) is 0 Å². The second kappa shape index (κ2) is 4.41. The molecule has 0 heterocycles. The first-order valence-electron chi connectivity index (χ1n) is 4.18. The molecule has 0 aliphatic carbocycles. The van der Waals surface area contributed by atoms with Crippen molar-refractivity contribution in [3.8, 4) is 5.75 Å². The quantitative estimate of drug-likeness (QED) is 0.587. The molecule has 0 bridgehead atoms. The van der Waals surface area contributed by atoms with Crippen molar-refractivity contribution in [2.24, 2.45) is 0 Å². The Bertz CT molecular complexity index is 357. The third kappa shape index (κ3) is 2.32. The number of para-hydroxylation sites is 1. The van der Waals surface area contributed by atoms with Crippen molar-refractivity contribution < 1.29 is 19.4 Å². The first kappa shape index (κ1) is 10.2. The number of hydrogen-bond donors (Lipinski definition) is 1. The molecule has 0 spiro atoms. The van der Waals surface area contributed by atoms with Gasteiger partial charge in [-0.3, -0.25) is 4.79 Å². The fraction of sp³-hybridized carbons (Fsp3) is 0.200. The number of hydrogen-bond acceptors (Lipinski definition) is 3. The van der Waals surface area contributed by atoms with Gasteiger partial charge in [-0.2, -0.15) is 0 Å². The summed E-state index contributed by atoms with van der Waals surface area (Å²) in [6.07, 6.45) is 0.216. The first-order chi connectivity index (χ1) is 6.65. The second-order valence-electron chi connectivity index (χ2n) is 2.63. The molecule has 1 aromatic carbocycles. The van der Waals surface area contributed by atoms with Gasteiger partial charge >= 0.3 is 11.9 Å². The normalized spacial score (nSPS) is 9.50. The van der Waals surface area contributed by atoms with Crippen molar-refractivity contribution in [3.05, 3.63) is 29.8 Å². The lowest BCUT2D eigenvalue weighted by Crippen LogP contribution is -2.09. The molecule has 4 heteroatoms. The van der Waals surface area contributed by atoms with E-state index in [9.17, 15) is 9.59 Å². The number of carboxylic acids is 1. The summed E-state index contributed by atoms with van der Waals surface area (Å²) in [6, 6.07) is 6.04. The van der Waals surface area contributed by atoms with Crippen LogP contribution in [0.4, 0.5) is 0 Å². The number of esters is 1. The molecule has 1 rings (SSSR count). The molecule has 0 saturated carbocycles. The van der Waals surface area contributed by atoms with Crippen molar-refractivity contribution in [3.63, 3.8) is 0 Å². The molecule has 0 saturated heterocycles. The molecular weight excluding hydrogens is 184 g/mol. The van der Waals surface area contributed by atoms with Crippen LogP contribution in [0.3, 0.4) is 0 Å². The van der Waals surface area contributed by atoms with Gasteiger partial charge in [0.15, 0.2) is 0 Å². The van der Waals surface area contributed by atoms with Gasteiger partial charge in [-0.25, -0.2) is 4.79 Å². The van der Waals surface area contributed by atoms with E-state index < -0.39 is 11.9 Å². The van der Waals surface area contributed by atoms with Crippen molar-refractivity contribution in [2.75, 3.05) is 0 Å². The smallest absolute Gasteiger partial charge is 0.339 e. The van der Waals surface area contributed by atoms with Gasteiger partial charge in [-0.1, -0.05) is 19.1 Å². The lowest BCUT2D eigenvalue weighted by atomic mass is 10.2. The summed E-state index contributed by atoms with van der Waals surface area (Å²) in [5, 5.41) is 8.76. The number of rotatable bonds is 3. The maximum absolute atomic E-state index is 10.9. The zero-order valence-electron chi connectivity index (χ0n) is 7.69. The summed E-state index contributed by atoms with van der Waals surface area (Å²) in [5.74, 6) is -1.46. The van der Waals surface area contributed by atoms with Crippen LogP contribution in [0.1, 0.15) is 23.7 Å². The fourth-order valence-electron chi connectivity index (χ4n) is 0.927. The molecule has 0 atom stereocenters. The van der Waals surface area contributed by atoms with Crippen molar-refractivity contribution in [1.29, 1.82) is 0 Å². The van der Waals surface area contributed by atoms with Crippen LogP contribution < -0.4 is 4.74 Å². The van der Waals surface area contributed by atoms with Gasteiger partial charge in [0.05, 0.1) is 0 Å². The summed E-state index contributed by atoms with van der Waals surface area (Å²) >= 11 is 0. The third-order valence-corrected chi connectivity index (χ3v) is 1.63. The van der Waals surface area contributed by atoms with Crippen molar-refractivity contribution in [1.82, 2.24) is 0 Å². The Morgan fingerprint density at radius 1 is 1.36 bits per heavy atom. The molecule has 74 valence electrons. The van der Waals surface area contributed by atoms with Crippen LogP contribution in [-0.2, 0) is 4.79 Å². The van der Waals surface area contributed by atoms with E-state index in [0.29, 0.717) is 0 Å². The number of carbonyl (C=O) groups is 2. The Balaban J connectivity index is 2.95. The summed E-state index contributed by atoms with van der Waals surface area (Å²) in [4.78, 5) is 21.6. The molecule has 1 N–H and O–H groups in total. The maximum Gasteiger partial charge on any atom is 0.339 e.